The molecule has 1 saturated heterocycles. The van der Waals surface area contributed by atoms with Crippen molar-refractivity contribution in [2.75, 3.05) is 25.5 Å². The van der Waals surface area contributed by atoms with Crippen molar-refractivity contribution < 1.29 is 36.3 Å². The third kappa shape index (κ3) is 4.84. The largest absolute Gasteiger partial charge is 0.494 e. The monoisotopic (exact) mass is 456 g/mol. The Morgan fingerprint density at radius 2 is 1.94 bits per heavy atom. The number of alkyl halides is 3. The van der Waals surface area contributed by atoms with Crippen LogP contribution in [0.15, 0.2) is 36.4 Å². The first-order chi connectivity index (χ1) is 15.0. The maximum absolute atomic E-state index is 14.0. The summed E-state index contributed by atoms with van der Waals surface area (Å²) in [7, 11) is 1.41. The summed E-state index contributed by atoms with van der Waals surface area (Å²) in [6, 6.07) is 6.26. The average molecular weight is 456 g/mol. The zero-order chi connectivity index (χ0) is 23.6. The molecule has 1 aliphatic rings. The fourth-order valence-electron chi connectivity index (χ4n) is 3.61. The fraction of sp³-hybridized carbons (Fsp3) is 0.364. The van der Waals surface area contributed by atoms with E-state index in [4.69, 9.17) is 4.74 Å². The van der Waals surface area contributed by atoms with E-state index in [1.165, 1.54) is 24.1 Å². The fourth-order valence-corrected chi connectivity index (χ4v) is 3.61. The number of halogens is 5. The zero-order valence-corrected chi connectivity index (χ0v) is 17.3. The van der Waals surface area contributed by atoms with Gasteiger partial charge in [0, 0.05) is 19.5 Å². The SMILES string of the molecule is CCCOc1cc(C2CN(C)C(=O)C2C(=O)Nc2cccc(F)c2F)cc(C(F)(F)F)c1. The van der Waals surface area contributed by atoms with Crippen molar-refractivity contribution >= 4 is 17.5 Å². The second-order valence-corrected chi connectivity index (χ2v) is 7.53. The van der Waals surface area contributed by atoms with Crippen molar-refractivity contribution in [3.05, 3.63) is 59.2 Å². The predicted molar refractivity (Wildman–Crippen MR) is 106 cm³/mol. The van der Waals surface area contributed by atoms with Gasteiger partial charge in [0.15, 0.2) is 11.6 Å². The number of nitrogens with zero attached hydrogens (tertiary/aromatic N) is 1. The third-order valence-corrected chi connectivity index (χ3v) is 5.16. The zero-order valence-electron chi connectivity index (χ0n) is 17.3. The summed E-state index contributed by atoms with van der Waals surface area (Å²) in [6.45, 7) is 1.95. The first-order valence-electron chi connectivity index (χ1n) is 9.87. The molecule has 0 bridgehead atoms. The van der Waals surface area contributed by atoms with Crippen LogP contribution in [0.2, 0.25) is 0 Å². The van der Waals surface area contributed by atoms with Gasteiger partial charge in [0.05, 0.1) is 17.9 Å². The molecule has 172 valence electrons. The molecule has 1 heterocycles. The van der Waals surface area contributed by atoms with Gasteiger partial charge in [-0.25, -0.2) is 8.78 Å². The van der Waals surface area contributed by atoms with Gasteiger partial charge in [-0.05, 0) is 42.3 Å². The molecule has 2 aromatic rings. The van der Waals surface area contributed by atoms with E-state index in [-0.39, 0.29) is 24.5 Å². The Morgan fingerprint density at radius 3 is 2.59 bits per heavy atom. The molecule has 3 rings (SSSR count). The molecule has 1 fully saturated rings. The van der Waals surface area contributed by atoms with Crippen LogP contribution in [-0.2, 0) is 15.8 Å². The molecule has 0 aliphatic carbocycles. The summed E-state index contributed by atoms with van der Waals surface area (Å²) in [5.41, 5.74) is -1.35. The van der Waals surface area contributed by atoms with Gasteiger partial charge in [-0.3, -0.25) is 9.59 Å². The average Bonchev–Trinajstić information content (AvgIpc) is 3.03. The lowest BCUT2D eigenvalue weighted by Gasteiger charge is -2.20. The molecule has 10 heteroatoms. The minimum Gasteiger partial charge on any atom is -0.494 e. The molecule has 2 atom stereocenters. The molecule has 0 aromatic heterocycles. The second-order valence-electron chi connectivity index (χ2n) is 7.53. The van der Waals surface area contributed by atoms with Crippen LogP contribution in [0.4, 0.5) is 27.6 Å². The van der Waals surface area contributed by atoms with Gasteiger partial charge in [0.1, 0.15) is 11.7 Å². The maximum Gasteiger partial charge on any atom is 0.416 e. The first-order valence-corrected chi connectivity index (χ1v) is 9.87. The Balaban J connectivity index is 1.98. The van der Waals surface area contributed by atoms with E-state index >= 15 is 0 Å². The van der Waals surface area contributed by atoms with Crippen molar-refractivity contribution in [1.29, 1.82) is 0 Å². The van der Waals surface area contributed by atoms with E-state index in [0.717, 1.165) is 24.3 Å². The van der Waals surface area contributed by atoms with E-state index in [9.17, 15) is 31.5 Å². The topological polar surface area (TPSA) is 58.6 Å². The molecule has 0 saturated carbocycles. The molecule has 5 nitrogen and oxygen atoms in total. The molecule has 1 N–H and O–H groups in total. The maximum atomic E-state index is 14.0. The third-order valence-electron chi connectivity index (χ3n) is 5.16. The number of amides is 2. The number of hydrogen-bond donors (Lipinski definition) is 1. The summed E-state index contributed by atoms with van der Waals surface area (Å²) in [5, 5.41) is 2.18. The van der Waals surface area contributed by atoms with Crippen molar-refractivity contribution in [2.45, 2.75) is 25.4 Å². The highest BCUT2D eigenvalue weighted by molar-refractivity contribution is 6.08. The van der Waals surface area contributed by atoms with Crippen LogP contribution in [0.25, 0.3) is 0 Å². The number of carbonyl (C=O) groups is 2. The van der Waals surface area contributed by atoms with Crippen LogP contribution < -0.4 is 10.1 Å². The molecule has 2 amide bonds. The van der Waals surface area contributed by atoms with Crippen molar-refractivity contribution in [1.82, 2.24) is 4.90 Å². The van der Waals surface area contributed by atoms with E-state index in [1.807, 2.05) is 0 Å². The van der Waals surface area contributed by atoms with E-state index in [0.29, 0.717) is 6.42 Å². The summed E-state index contributed by atoms with van der Waals surface area (Å²) in [6.07, 6.45) is -4.10. The molecular weight excluding hydrogens is 435 g/mol. The van der Waals surface area contributed by atoms with Crippen LogP contribution in [0, 0.1) is 17.6 Å². The Kier molecular flexibility index (Phi) is 6.71. The van der Waals surface area contributed by atoms with Crippen molar-refractivity contribution in [3.8, 4) is 5.75 Å². The van der Waals surface area contributed by atoms with Gasteiger partial charge in [-0.15, -0.1) is 0 Å². The molecule has 32 heavy (non-hydrogen) atoms. The molecule has 0 radical (unpaired) electrons. The second kappa shape index (κ2) is 9.13. The van der Waals surface area contributed by atoms with E-state index in [1.54, 1.807) is 6.92 Å². The number of ether oxygens (including phenoxy) is 1. The highest BCUT2D eigenvalue weighted by atomic mass is 19.4. The lowest BCUT2D eigenvalue weighted by atomic mass is 9.86. The number of hydrogen-bond acceptors (Lipinski definition) is 3. The summed E-state index contributed by atoms with van der Waals surface area (Å²) in [4.78, 5) is 26.7. The lowest BCUT2D eigenvalue weighted by molar-refractivity contribution is -0.137. The van der Waals surface area contributed by atoms with Gasteiger partial charge in [-0.1, -0.05) is 13.0 Å². The van der Waals surface area contributed by atoms with E-state index < -0.39 is 52.7 Å². The number of likely N-dealkylation sites (tertiary alicyclic amines) is 1. The number of carbonyl (C=O) groups excluding carboxylic acids is 2. The Bertz CT molecular complexity index is 1030. The Labute approximate surface area is 181 Å². The van der Waals surface area contributed by atoms with Crippen molar-refractivity contribution in [3.63, 3.8) is 0 Å². The van der Waals surface area contributed by atoms with Gasteiger partial charge < -0.3 is 15.0 Å². The van der Waals surface area contributed by atoms with Gasteiger partial charge in [0.2, 0.25) is 11.8 Å². The number of benzene rings is 2. The van der Waals surface area contributed by atoms with Crippen LogP contribution in [0.1, 0.15) is 30.4 Å². The molecule has 2 aromatic carbocycles. The highest BCUT2D eigenvalue weighted by Crippen LogP contribution is 2.39. The number of rotatable bonds is 6. The van der Waals surface area contributed by atoms with E-state index in [2.05, 4.69) is 5.32 Å². The Hall–Kier alpha value is -3.17. The molecule has 1 aliphatic heterocycles. The molecule has 0 spiro atoms. The minimum absolute atomic E-state index is 0.0307. The van der Waals surface area contributed by atoms with Crippen LogP contribution in [0.5, 0.6) is 5.75 Å². The van der Waals surface area contributed by atoms with Gasteiger partial charge in [0.25, 0.3) is 0 Å². The molecule has 2 unspecified atom stereocenters. The number of nitrogens with one attached hydrogen (secondary N) is 1. The summed E-state index contributed by atoms with van der Waals surface area (Å²) in [5.74, 6) is -6.48. The lowest BCUT2D eigenvalue weighted by Crippen LogP contribution is -2.33. The first kappa shape index (κ1) is 23.5. The number of likely N-dealkylation sites (N-methyl/N-ethyl adjacent to an activating group) is 1. The summed E-state index contributed by atoms with van der Waals surface area (Å²) >= 11 is 0. The van der Waals surface area contributed by atoms with Crippen LogP contribution in [0.3, 0.4) is 0 Å². The smallest absolute Gasteiger partial charge is 0.416 e. The quantitative estimate of drug-likeness (QED) is 0.511. The van der Waals surface area contributed by atoms with Gasteiger partial charge in [-0.2, -0.15) is 13.2 Å². The number of anilines is 1. The van der Waals surface area contributed by atoms with Gasteiger partial charge >= 0.3 is 6.18 Å². The summed E-state index contributed by atoms with van der Waals surface area (Å²) < 4.78 is 73.2. The normalized spacial score (nSPS) is 18.7. The van der Waals surface area contributed by atoms with Crippen LogP contribution >= 0.6 is 0 Å². The Morgan fingerprint density at radius 1 is 1.22 bits per heavy atom. The van der Waals surface area contributed by atoms with Crippen molar-refractivity contribution in [2.24, 2.45) is 5.92 Å². The highest BCUT2D eigenvalue weighted by Gasteiger charge is 2.45. The predicted octanol–water partition coefficient (Wildman–Crippen LogP) is 4.58. The molecular formula is C22H21F5N2O3. The van der Waals surface area contributed by atoms with Crippen LogP contribution in [-0.4, -0.2) is 36.9 Å². The minimum atomic E-state index is -4.67. The standard InChI is InChI=1S/C22H21F5N2O3/c1-3-7-32-14-9-12(8-13(10-14)22(25,26)27)15-11-29(2)21(31)18(15)20(30)28-17-6-4-5-16(23)19(17)24/h4-6,8-10,15,18H,3,7,11H2,1-2H3,(H,28,30).